The maximum Gasteiger partial charge on any atom is 0.573 e. The molecule has 0 saturated heterocycles. The number of hydrogen-bond donors (Lipinski definition) is 0. The van der Waals surface area contributed by atoms with Gasteiger partial charge in [-0.2, -0.15) is 0 Å². The standard InChI is InChI=1S/C11H6F3O3S/c12-11(13,14)17-8-1-2-10-9(3-8)7(5-18-10)4-16-6-15/h1-3,5H,4H2. The summed E-state index contributed by atoms with van der Waals surface area (Å²) < 4.78 is 45.3. The maximum atomic E-state index is 12.1. The van der Waals surface area contributed by atoms with Crippen molar-refractivity contribution in [2.75, 3.05) is 0 Å². The SMILES string of the molecule is O=[C]OCc1csc2ccc(OC(F)(F)F)cc12. The van der Waals surface area contributed by atoms with Crippen LogP contribution in [-0.2, 0) is 16.1 Å². The molecule has 0 aliphatic heterocycles. The molecule has 1 aromatic heterocycles. The Balaban J connectivity index is 2.33. The second-order valence-electron chi connectivity index (χ2n) is 3.34. The van der Waals surface area contributed by atoms with Gasteiger partial charge in [0.05, 0.1) is 0 Å². The zero-order chi connectivity index (χ0) is 13.2. The molecule has 0 fully saturated rings. The first-order chi connectivity index (χ1) is 8.49. The van der Waals surface area contributed by atoms with Crippen molar-refractivity contribution < 1.29 is 27.4 Å². The molecule has 3 nitrogen and oxygen atoms in total. The van der Waals surface area contributed by atoms with Gasteiger partial charge in [0.2, 0.25) is 0 Å². The number of alkyl halides is 3. The highest BCUT2D eigenvalue weighted by molar-refractivity contribution is 7.17. The van der Waals surface area contributed by atoms with Gasteiger partial charge in [-0.05, 0) is 23.6 Å². The van der Waals surface area contributed by atoms with Crippen LogP contribution in [-0.4, -0.2) is 12.8 Å². The Bertz CT molecular complexity index is 562. The van der Waals surface area contributed by atoms with Crippen LogP contribution in [0.3, 0.4) is 0 Å². The van der Waals surface area contributed by atoms with E-state index in [9.17, 15) is 18.0 Å². The van der Waals surface area contributed by atoms with Crippen LogP contribution in [0, 0.1) is 0 Å². The molecule has 0 bridgehead atoms. The number of thiophene rings is 1. The van der Waals surface area contributed by atoms with Crippen molar-refractivity contribution in [1.29, 1.82) is 0 Å². The van der Waals surface area contributed by atoms with Gasteiger partial charge >= 0.3 is 12.8 Å². The Morgan fingerprint density at radius 2 is 2.11 bits per heavy atom. The summed E-state index contributed by atoms with van der Waals surface area (Å²) in [5.41, 5.74) is 0.617. The lowest BCUT2D eigenvalue weighted by molar-refractivity contribution is -0.274. The molecular formula is C11H6F3O3S. The molecule has 0 spiro atoms. The monoisotopic (exact) mass is 275 g/mol. The van der Waals surface area contributed by atoms with Crippen molar-refractivity contribution in [2.24, 2.45) is 0 Å². The quantitative estimate of drug-likeness (QED) is 0.858. The van der Waals surface area contributed by atoms with Gasteiger partial charge in [0.15, 0.2) is 0 Å². The van der Waals surface area contributed by atoms with Crippen molar-refractivity contribution in [1.82, 2.24) is 0 Å². The Morgan fingerprint density at radius 1 is 1.33 bits per heavy atom. The van der Waals surface area contributed by atoms with E-state index in [1.165, 1.54) is 36.0 Å². The predicted molar refractivity (Wildman–Crippen MR) is 59.0 cm³/mol. The van der Waals surface area contributed by atoms with Crippen molar-refractivity contribution in [3.05, 3.63) is 29.1 Å². The van der Waals surface area contributed by atoms with Crippen molar-refractivity contribution in [2.45, 2.75) is 13.0 Å². The molecule has 0 aliphatic carbocycles. The lowest BCUT2D eigenvalue weighted by Crippen LogP contribution is -2.16. The summed E-state index contributed by atoms with van der Waals surface area (Å²) in [4.78, 5) is 9.97. The largest absolute Gasteiger partial charge is 0.573 e. The van der Waals surface area contributed by atoms with E-state index in [4.69, 9.17) is 0 Å². The number of rotatable bonds is 4. The smallest absolute Gasteiger partial charge is 0.452 e. The first-order valence-corrected chi connectivity index (χ1v) is 5.62. The van der Waals surface area contributed by atoms with E-state index in [-0.39, 0.29) is 12.4 Å². The zero-order valence-electron chi connectivity index (χ0n) is 8.78. The average Bonchev–Trinajstić information content (AvgIpc) is 2.67. The fraction of sp³-hybridized carbons (Fsp3) is 0.182. The highest BCUT2D eigenvalue weighted by atomic mass is 32.1. The normalized spacial score (nSPS) is 11.5. The Hall–Kier alpha value is -1.76. The van der Waals surface area contributed by atoms with Crippen LogP contribution in [0.4, 0.5) is 13.2 Å². The number of halogens is 3. The van der Waals surface area contributed by atoms with Crippen LogP contribution in [0.2, 0.25) is 0 Å². The highest BCUT2D eigenvalue weighted by Crippen LogP contribution is 2.32. The minimum absolute atomic E-state index is 0.0288. The van der Waals surface area contributed by atoms with Crippen LogP contribution < -0.4 is 4.74 Å². The Labute approximate surface area is 104 Å². The van der Waals surface area contributed by atoms with E-state index in [1.807, 2.05) is 0 Å². The van der Waals surface area contributed by atoms with Crippen molar-refractivity contribution >= 4 is 27.9 Å². The first-order valence-electron chi connectivity index (χ1n) is 4.74. The van der Waals surface area contributed by atoms with Gasteiger partial charge in [0.25, 0.3) is 0 Å². The number of benzene rings is 1. The van der Waals surface area contributed by atoms with Gasteiger partial charge in [-0.1, -0.05) is 0 Å². The zero-order valence-corrected chi connectivity index (χ0v) is 9.60. The molecule has 0 saturated carbocycles. The fourth-order valence-corrected chi connectivity index (χ4v) is 2.40. The third-order valence-corrected chi connectivity index (χ3v) is 3.16. The topological polar surface area (TPSA) is 35.5 Å². The van der Waals surface area contributed by atoms with Crippen LogP contribution in [0.5, 0.6) is 5.75 Å². The Morgan fingerprint density at radius 3 is 2.78 bits per heavy atom. The van der Waals surface area contributed by atoms with Crippen molar-refractivity contribution in [3.8, 4) is 5.75 Å². The maximum absolute atomic E-state index is 12.1. The van der Waals surface area contributed by atoms with Gasteiger partial charge in [0.1, 0.15) is 12.4 Å². The molecule has 18 heavy (non-hydrogen) atoms. The molecular weight excluding hydrogens is 269 g/mol. The molecule has 1 aromatic carbocycles. The number of carbonyl (C=O) groups excluding carboxylic acids is 1. The molecule has 2 aromatic rings. The predicted octanol–water partition coefficient (Wildman–Crippen LogP) is 3.38. The van der Waals surface area contributed by atoms with E-state index in [0.717, 1.165) is 4.70 Å². The fourth-order valence-electron chi connectivity index (χ4n) is 1.48. The summed E-state index contributed by atoms with van der Waals surface area (Å²) in [5, 5.41) is 2.27. The molecule has 0 amide bonds. The minimum Gasteiger partial charge on any atom is -0.452 e. The molecule has 95 valence electrons. The molecule has 7 heteroatoms. The molecule has 0 N–H and O–H groups in total. The summed E-state index contributed by atoms with van der Waals surface area (Å²) in [6.07, 6.45) is -4.73. The van der Waals surface area contributed by atoms with Crippen LogP contribution in [0.25, 0.3) is 10.1 Å². The van der Waals surface area contributed by atoms with Crippen LogP contribution in [0.15, 0.2) is 23.6 Å². The lowest BCUT2D eigenvalue weighted by Gasteiger charge is -2.08. The third kappa shape index (κ3) is 2.92. The molecule has 0 atom stereocenters. The number of hydrogen-bond acceptors (Lipinski definition) is 4. The highest BCUT2D eigenvalue weighted by Gasteiger charge is 2.31. The van der Waals surface area contributed by atoms with Gasteiger partial charge in [-0.15, -0.1) is 24.5 Å². The molecule has 0 unspecified atom stereocenters. The van der Waals surface area contributed by atoms with E-state index < -0.39 is 6.36 Å². The van der Waals surface area contributed by atoms with Gasteiger partial charge in [-0.25, -0.2) is 4.79 Å². The van der Waals surface area contributed by atoms with Crippen molar-refractivity contribution in [3.63, 3.8) is 0 Å². The first kappa shape index (κ1) is 12.7. The summed E-state index contributed by atoms with van der Waals surface area (Å²) in [6, 6.07) is 4.03. The van der Waals surface area contributed by atoms with Gasteiger partial charge < -0.3 is 9.47 Å². The Kier molecular flexibility index (Phi) is 3.42. The van der Waals surface area contributed by atoms with E-state index in [1.54, 1.807) is 5.38 Å². The minimum atomic E-state index is -4.73. The molecule has 2 rings (SSSR count). The average molecular weight is 275 g/mol. The molecule has 1 heterocycles. The van der Waals surface area contributed by atoms with Gasteiger partial charge in [-0.3, -0.25) is 0 Å². The summed E-state index contributed by atoms with van der Waals surface area (Å²) in [5.74, 6) is -0.301. The second-order valence-corrected chi connectivity index (χ2v) is 4.25. The molecule has 1 radical (unpaired) electrons. The second kappa shape index (κ2) is 4.85. The van der Waals surface area contributed by atoms with E-state index in [0.29, 0.717) is 10.9 Å². The number of fused-ring (bicyclic) bond motifs is 1. The third-order valence-electron chi connectivity index (χ3n) is 2.15. The van der Waals surface area contributed by atoms with Gasteiger partial charge in [0, 0.05) is 15.6 Å². The van der Waals surface area contributed by atoms with E-state index in [2.05, 4.69) is 9.47 Å². The summed E-state index contributed by atoms with van der Waals surface area (Å²) >= 11 is 1.34. The summed E-state index contributed by atoms with van der Waals surface area (Å²) in [6.45, 7) is 1.24. The van der Waals surface area contributed by atoms with E-state index >= 15 is 0 Å². The molecule has 0 aliphatic rings. The van der Waals surface area contributed by atoms with Crippen LogP contribution in [0.1, 0.15) is 5.56 Å². The summed E-state index contributed by atoms with van der Waals surface area (Å²) in [7, 11) is 0. The number of ether oxygens (including phenoxy) is 2. The lowest BCUT2D eigenvalue weighted by atomic mass is 10.2. The van der Waals surface area contributed by atoms with Crippen LogP contribution >= 0.6 is 11.3 Å².